The van der Waals surface area contributed by atoms with E-state index in [1.807, 2.05) is 25.7 Å². The van der Waals surface area contributed by atoms with E-state index in [-0.39, 0.29) is 11.9 Å². The molecule has 26 heavy (non-hydrogen) atoms. The number of nitrogens with two attached hydrogens (primary N) is 2. The van der Waals surface area contributed by atoms with Gasteiger partial charge in [0.15, 0.2) is 0 Å². The third-order valence-corrected chi connectivity index (χ3v) is 4.66. The van der Waals surface area contributed by atoms with Crippen LogP contribution in [0.1, 0.15) is 40.0 Å². The summed E-state index contributed by atoms with van der Waals surface area (Å²) < 4.78 is 0. The first kappa shape index (κ1) is 20.2. The Bertz CT molecular complexity index is 755. The monoisotopic (exact) mass is 378 g/mol. The lowest BCUT2D eigenvalue weighted by Crippen LogP contribution is -2.50. The molecule has 1 fully saturated rings. The average molecular weight is 379 g/mol. The van der Waals surface area contributed by atoms with Gasteiger partial charge in [-0.1, -0.05) is 32.4 Å². The Balaban J connectivity index is 0.00000117. The van der Waals surface area contributed by atoms with Gasteiger partial charge in [0.05, 0.1) is 17.4 Å². The van der Waals surface area contributed by atoms with Crippen LogP contribution >= 0.6 is 11.6 Å². The Morgan fingerprint density at radius 3 is 2.62 bits per heavy atom. The van der Waals surface area contributed by atoms with Crippen molar-refractivity contribution in [1.29, 1.82) is 0 Å². The summed E-state index contributed by atoms with van der Waals surface area (Å²) in [7, 11) is 0. The van der Waals surface area contributed by atoms with Crippen molar-refractivity contribution in [3.63, 3.8) is 0 Å². The maximum absolute atomic E-state index is 11.8. The number of aromatic nitrogens is 2. The van der Waals surface area contributed by atoms with Gasteiger partial charge < -0.3 is 15.6 Å². The van der Waals surface area contributed by atoms with Crippen LogP contribution in [0.15, 0.2) is 18.3 Å². The largest absolute Gasteiger partial charge is 0.396 e. The predicted octanol–water partition coefficient (Wildman–Crippen LogP) is 2.97. The van der Waals surface area contributed by atoms with Gasteiger partial charge in [-0.3, -0.25) is 9.78 Å². The molecule has 7 nitrogen and oxygen atoms in total. The minimum atomic E-state index is 0.0830. The number of nitrogen functional groups attached to an aromatic ring is 1. The van der Waals surface area contributed by atoms with Gasteiger partial charge in [0.25, 0.3) is 0 Å². The molecule has 0 aliphatic carbocycles. The van der Waals surface area contributed by atoms with E-state index >= 15 is 0 Å². The number of nitrogens with zero attached hydrogens (tertiary/aromatic N) is 4. The second-order valence-electron chi connectivity index (χ2n) is 5.94. The molecular formula is C18H27ClN6O. The molecular weight excluding hydrogens is 352 g/mol. The highest BCUT2D eigenvalue weighted by molar-refractivity contribution is 6.29. The van der Waals surface area contributed by atoms with Crippen molar-refractivity contribution in [3.8, 4) is 0 Å². The number of carbonyl (C=O) groups excluding carboxylic acids is 1. The molecule has 0 unspecified atom stereocenters. The summed E-state index contributed by atoms with van der Waals surface area (Å²) in [6.45, 7) is 7.27. The van der Waals surface area contributed by atoms with E-state index in [9.17, 15) is 4.79 Å². The number of carbonyl (C=O) groups is 1. The van der Waals surface area contributed by atoms with Crippen LogP contribution in [-0.2, 0) is 4.79 Å². The van der Waals surface area contributed by atoms with Crippen LogP contribution in [0.2, 0.25) is 5.15 Å². The number of hydrogen-bond donors (Lipinski definition) is 2. The number of hydrogen-bond acceptors (Lipinski definition) is 6. The topological polar surface area (TPSA) is 101 Å². The lowest BCUT2D eigenvalue weighted by Gasteiger charge is -2.37. The fourth-order valence-corrected chi connectivity index (χ4v) is 3.26. The molecule has 0 spiro atoms. The van der Waals surface area contributed by atoms with Crippen LogP contribution in [0.5, 0.6) is 0 Å². The first-order valence-corrected chi connectivity index (χ1v) is 9.41. The van der Waals surface area contributed by atoms with Crippen LogP contribution < -0.4 is 16.6 Å². The van der Waals surface area contributed by atoms with Gasteiger partial charge in [-0.25, -0.2) is 10.8 Å². The first-order chi connectivity index (χ1) is 12.5. The van der Waals surface area contributed by atoms with E-state index in [0.29, 0.717) is 47.1 Å². The van der Waals surface area contributed by atoms with Crippen LogP contribution in [0.3, 0.4) is 0 Å². The Morgan fingerprint density at radius 1 is 1.35 bits per heavy atom. The standard InChI is InChI=1S/C16H21ClN6O.C2H6/c1-2-14(24)22-7-5-10(6-8-22)23(19)16-11(18)9-20-12-3-4-13(17)21-15(12)16;1-2/h3-4,9-10H,2,5-8,18-19H2,1H3;1-2H3. The molecule has 0 radical (unpaired) electrons. The summed E-state index contributed by atoms with van der Waals surface area (Å²) >= 11 is 6.02. The summed E-state index contributed by atoms with van der Waals surface area (Å²) in [5, 5.41) is 2.03. The molecule has 1 amide bonds. The Morgan fingerprint density at radius 2 is 2.00 bits per heavy atom. The fraction of sp³-hybridized carbons (Fsp3) is 0.500. The minimum absolute atomic E-state index is 0.0830. The molecule has 0 aromatic carbocycles. The number of halogens is 1. The molecule has 1 aliphatic heterocycles. The molecule has 1 saturated heterocycles. The lowest BCUT2D eigenvalue weighted by molar-refractivity contribution is -0.131. The van der Waals surface area contributed by atoms with E-state index in [4.69, 9.17) is 23.2 Å². The fourth-order valence-electron chi connectivity index (χ4n) is 3.11. The number of piperidine rings is 1. The predicted molar refractivity (Wildman–Crippen MR) is 107 cm³/mol. The molecule has 3 heterocycles. The average Bonchev–Trinajstić information content (AvgIpc) is 2.68. The zero-order valence-corrected chi connectivity index (χ0v) is 16.3. The summed E-state index contributed by atoms with van der Waals surface area (Å²) in [6, 6.07) is 3.57. The van der Waals surface area contributed by atoms with Gasteiger partial charge in [0, 0.05) is 25.6 Å². The van der Waals surface area contributed by atoms with Crippen molar-refractivity contribution in [3.05, 3.63) is 23.5 Å². The number of anilines is 2. The number of likely N-dealkylation sites (tertiary alicyclic amines) is 1. The smallest absolute Gasteiger partial charge is 0.222 e. The number of amides is 1. The van der Waals surface area contributed by atoms with Crippen LogP contribution in [-0.4, -0.2) is 39.9 Å². The molecule has 0 saturated carbocycles. The quantitative estimate of drug-likeness (QED) is 0.483. The van der Waals surface area contributed by atoms with Gasteiger partial charge in [0.2, 0.25) is 5.91 Å². The number of pyridine rings is 2. The van der Waals surface area contributed by atoms with E-state index in [1.54, 1.807) is 23.3 Å². The Hall–Kier alpha value is -2.12. The molecule has 4 N–H and O–H groups in total. The summed E-state index contributed by atoms with van der Waals surface area (Å²) in [4.78, 5) is 22.3. The van der Waals surface area contributed by atoms with Gasteiger partial charge in [-0.2, -0.15) is 0 Å². The van der Waals surface area contributed by atoms with Crippen LogP contribution in [0.4, 0.5) is 11.4 Å². The third kappa shape index (κ3) is 4.16. The van der Waals surface area contributed by atoms with Gasteiger partial charge >= 0.3 is 0 Å². The number of rotatable bonds is 3. The van der Waals surface area contributed by atoms with E-state index in [1.165, 1.54) is 0 Å². The molecule has 1 aliphatic rings. The van der Waals surface area contributed by atoms with Crippen molar-refractivity contribution < 1.29 is 4.79 Å². The maximum Gasteiger partial charge on any atom is 0.222 e. The second kappa shape index (κ2) is 9.00. The molecule has 0 atom stereocenters. The van der Waals surface area contributed by atoms with Crippen LogP contribution in [0, 0.1) is 0 Å². The highest BCUT2D eigenvalue weighted by Gasteiger charge is 2.27. The molecule has 142 valence electrons. The van der Waals surface area contributed by atoms with Crippen molar-refractivity contribution >= 4 is 39.9 Å². The molecule has 0 bridgehead atoms. The molecule has 8 heteroatoms. The normalized spacial score (nSPS) is 14.7. The number of hydrazine groups is 1. The molecule has 2 aromatic rings. The van der Waals surface area contributed by atoms with E-state index in [2.05, 4.69) is 9.97 Å². The highest BCUT2D eigenvalue weighted by atomic mass is 35.5. The van der Waals surface area contributed by atoms with Crippen molar-refractivity contribution in [2.45, 2.75) is 46.1 Å². The first-order valence-electron chi connectivity index (χ1n) is 9.03. The van der Waals surface area contributed by atoms with E-state index < -0.39 is 0 Å². The Labute approximate surface area is 159 Å². The summed E-state index contributed by atoms with van der Waals surface area (Å²) in [6.07, 6.45) is 3.68. The van der Waals surface area contributed by atoms with Gasteiger partial charge in [-0.15, -0.1) is 0 Å². The maximum atomic E-state index is 11.8. The third-order valence-electron chi connectivity index (χ3n) is 4.45. The van der Waals surface area contributed by atoms with Gasteiger partial charge in [0.1, 0.15) is 16.4 Å². The zero-order valence-electron chi connectivity index (χ0n) is 15.6. The SMILES string of the molecule is CC.CCC(=O)N1CCC(N(N)c2c(N)cnc3ccc(Cl)nc23)CC1. The van der Waals surface area contributed by atoms with Gasteiger partial charge in [-0.05, 0) is 25.0 Å². The molecule has 3 rings (SSSR count). The Kier molecular flexibility index (Phi) is 6.99. The van der Waals surface area contributed by atoms with E-state index in [0.717, 1.165) is 12.8 Å². The summed E-state index contributed by atoms with van der Waals surface area (Å²) in [5.74, 6) is 6.56. The van der Waals surface area contributed by atoms with Crippen molar-refractivity contribution in [2.75, 3.05) is 23.8 Å². The second-order valence-corrected chi connectivity index (χ2v) is 6.32. The molecule has 2 aromatic heterocycles. The lowest BCUT2D eigenvalue weighted by atomic mass is 10.0. The number of fused-ring (bicyclic) bond motifs is 1. The van der Waals surface area contributed by atoms with Crippen molar-refractivity contribution in [1.82, 2.24) is 14.9 Å². The summed E-state index contributed by atoms with van der Waals surface area (Å²) in [5.41, 5.74) is 8.50. The highest BCUT2D eigenvalue weighted by Crippen LogP contribution is 2.32. The minimum Gasteiger partial charge on any atom is -0.396 e. The zero-order chi connectivity index (χ0) is 19.3. The van der Waals surface area contributed by atoms with Crippen LogP contribution in [0.25, 0.3) is 11.0 Å². The van der Waals surface area contributed by atoms with Crippen molar-refractivity contribution in [2.24, 2.45) is 5.84 Å².